The molecule has 7 heteroatoms. The molecule has 0 bridgehead atoms. The van der Waals surface area contributed by atoms with Crippen LogP contribution in [0.15, 0.2) is 34.6 Å². The largest absolute Gasteiger partial charge is 0.357 e. The summed E-state index contributed by atoms with van der Waals surface area (Å²) in [7, 11) is 0. The fourth-order valence-electron chi connectivity index (χ4n) is 3.42. The van der Waals surface area contributed by atoms with Gasteiger partial charge in [0.05, 0.1) is 11.7 Å². The predicted octanol–water partition coefficient (Wildman–Crippen LogP) is 4.53. The van der Waals surface area contributed by atoms with Crippen molar-refractivity contribution in [3.8, 4) is 0 Å². The number of aryl methyl sites for hydroxylation is 1. The summed E-state index contributed by atoms with van der Waals surface area (Å²) < 4.78 is 0. The van der Waals surface area contributed by atoms with Crippen LogP contribution in [0.1, 0.15) is 49.6 Å². The van der Waals surface area contributed by atoms with Crippen LogP contribution in [0.25, 0.3) is 0 Å². The zero-order chi connectivity index (χ0) is 19.1. The number of thiazole rings is 1. The highest BCUT2D eigenvalue weighted by molar-refractivity contribution is 14.0. The molecule has 1 aliphatic heterocycles. The Morgan fingerprint density at radius 1 is 1.29 bits per heavy atom. The van der Waals surface area contributed by atoms with Gasteiger partial charge in [0.25, 0.3) is 0 Å². The number of nitrogens with one attached hydrogen (secondary N) is 2. The van der Waals surface area contributed by atoms with Gasteiger partial charge in [-0.3, -0.25) is 4.99 Å². The van der Waals surface area contributed by atoms with Crippen LogP contribution in [-0.4, -0.2) is 37.1 Å². The van der Waals surface area contributed by atoms with Gasteiger partial charge in [0.1, 0.15) is 0 Å². The fourth-order valence-corrected chi connectivity index (χ4v) is 4.34. The van der Waals surface area contributed by atoms with Gasteiger partial charge in [-0.2, -0.15) is 0 Å². The maximum Gasteiger partial charge on any atom is 0.191 e. The zero-order valence-corrected chi connectivity index (χ0v) is 20.2. The molecule has 1 fully saturated rings. The third-order valence-electron chi connectivity index (χ3n) is 4.91. The second-order valence-electron chi connectivity index (χ2n) is 7.05. The highest BCUT2D eigenvalue weighted by atomic mass is 127. The van der Waals surface area contributed by atoms with Crippen molar-refractivity contribution in [2.24, 2.45) is 4.99 Å². The number of anilines is 1. The maximum atomic E-state index is 4.79. The first-order valence-corrected chi connectivity index (χ1v) is 10.8. The lowest BCUT2D eigenvalue weighted by molar-refractivity contribution is 0.682. The first-order chi connectivity index (χ1) is 13.2. The lowest BCUT2D eigenvalue weighted by atomic mass is 10.0. The lowest BCUT2D eigenvalue weighted by Crippen LogP contribution is -2.39. The van der Waals surface area contributed by atoms with Crippen molar-refractivity contribution in [1.82, 2.24) is 15.6 Å². The summed E-state index contributed by atoms with van der Waals surface area (Å²) in [5.41, 5.74) is 3.75. The Bertz CT molecular complexity index is 755. The fraction of sp³-hybridized carbons (Fsp3) is 0.524. The maximum absolute atomic E-state index is 4.79. The first kappa shape index (κ1) is 22.9. The van der Waals surface area contributed by atoms with Crippen LogP contribution in [0.3, 0.4) is 0 Å². The van der Waals surface area contributed by atoms with Crippen LogP contribution >= 0.6 is 35.3 Å². The van der Waals surface area contributed by atoms with Gasteiger partial charge in [0.2, 0.25) is 0 Å². The first-order valence-electron chi connectivity index (χ1n) is 9.97. The topological polar surface area (TPSA) is 52.6 Å². The zero-order valence-electron chi connectivity index (χ0n) is 17.1. The summed E-state index contributed by atoms with van der Waals surface area (Å²) in [6, 6.07) is 8.70. The molecule has 1 aromatic heterocycles. The molecule has 1 unspecified atom stereocenters. The lowest BCUT2D eigenvalue weighted by Gasteiger charge is -2.19. The van der Waals surface area contributed by atoms with Crippen LogP contribution in [0.5, 0.6) is 0 Å². The second kappa shape index (κ2) is 11.6. The Morgan fingerprint density at radius 2 is 2.04 bits per heavy atom. The SMILES string of the molecule is CCNC(=NCCc1csc(N2CCCC2)n1)NC(C)c1ccccc1C.I. The predicted molar refractivity (Wildman–Crippen MR) is 131 cm³/mol. The molecular weight excluding hydrogens is 481 g/mol. The average molecular weight is 513 g/mol. The third kappa shape index (κ3) is 6.34. The molecule has 154 valence electrons. The van der Waals surface area contributed by atoms with E-state index in [9.17, 15) is 0 Å². The molecule has 2 N–H and O–H groups in total. The molecule has 2 heterocycles. The summed E-state index contributed by atoms with van der Waals surface area (Å²) in [6.45, 7) is 10.3. The average Bonchev–Trinajstić information content (AvgIpc) is 3.34. The van der Waals surface area contributed by atoms with Gasteiger partial charge in [-0.05, 0) is 44.7 Å². The Morgan fingerprint density at radius 3 is 2.75 bits per heavy atom. The molecule has 1 aliphatic rings. The number of aliphatic imine (C=N–C) groups is 1. The number of aromatic nitrogens is 1. The molecule has 0 radical (unpaired) electrons. The highest BCUT2D eigenvalue weighted by Crippen LogP contribution is 2.24. The smallest absolute Gasteiger partial charge is 0.191 e. The molecular formula is C21H32IN5S. The molecule has 5 nitrogen and oxygen atoms in total. The van der Waals surface area contributed by atoms with Crippen molar-refractivity contribution in [1.29, 1.82) is 0 Å². The molecule has 1 saturated heterocycles. The van der Waals surface area contributed by atoms with E-state index in [0.717, 1.165) is 44.3 Å². The molecule has 28 heavy (non-hydrogen) atoms. The normalized spacial score (nSPS) is 15.2. The molecule has 2 aromatic rings. The molecule has 0 aliphatic carbocycles. The van der Waals surface area contributed by atoms with Crippen molar-refractivity contribution >= 4 is 46.4 Å². The summed E-state index contributed by atoms with van der Waals surface area (Å²) in [4.78, 5) is 11.9. The minimum Gasteiger partial charge on any atom is -0.357 e. The number of hydrogen-bond acceptors (Lipinski definition) is 4. The van der Waals surface area contributed by atoms with Crippen LogP contribution in [0.4, 0.5) is 5.13 Å². The van der Waals surface area contributed by atoms with Crippen LogP contribution in [0, 0.1) is 6.92 Å². The van der Waals surface area contributed by atoms with Gasteiger partial charge in [-0.25, -0.2) is 4.98 Å². The third-order valence-corrected chi connectivity index (χ3v) is 5.86. The summed E-state index contributed by atoms with van der Waals surface area (Å²) in [6.07, 6.45) is 3.45. The minimum atomic E-state index is 0. The second-order valence-corrected chi connectivity index (χ2v) is 7.89. The Labute approximate surface area is 190 Å². The van der Waals surface area contributed by atoms with E-state index in [1.165, 1.54) is 29.1 Å². The number of hydrogen-bond donors (Lipinski definition) is 2. The molecule has 1 atom stereocenters. The number of guanidine groups is 1. The standard InChI is InChI=1S/C21H31N5S.HI/c1-4-22-20(24-17(3)19-10-6-5-9-16(19)2)23-12-11-18-15-27-21(25-18)26-13-7-8-14-26;/h5-6,9-10,15,17H,4,7-8,11-14H2,1-3H3,(H2,22,23,24);1H. The van der Waals surface area contributed by atoms with Crippen molar-refractivity contribution in [2.45, 2.75) is 46.1 Å². The van der Waals surface area contributed by atoms with E-state index in [2.05, 4.69) is 66.0 Å². The van der Waals surface area contributed by atoms with Crippen molar-refractivity contribution in [3.63, 3.8) is 0 Å². The van der Waals surface area contributed by atoms with E-state index in [4.69, 9.17) is 9.98 Å². The minimum absolute atomic E-state index is 0. The van der Waals surface area contributed by atoms with E-state index in [1.54, 1.807) is 11.3 Å². The Balaban J connectivity index is 0.00000280. The molecule has 0 saturated carbocycles. The van der Waals surface area contributed by atoms with E-state index in [0.29, 0.717) is 0 Å². The van der Waals surface area contributed by atoms with Crippen LogP contribution in [0.2, 0.25) is 0 Å². The van der Waals surface area contributed by atoms with E-state index < -0.39 is 0 Å². The summed E-state index contributed by atoms with van der Waals surface area (Å²) in [5.74, 6) is 0.864. The number of nitrogens with zero attached hydrogens (tertiary/aromatic N) is 3. The van der Waals surface area contributed by atoms with Gasteiger partial charge in [0, 0.05) is 38.0 Å². The van der Waals surface area contributed by atoms with E-state index >= 15 is 0 Å². The van der Waals surface area contributed by atoms with E-state index in [1.807, 2.05) is 0 Å². The molecule has 0 amide bonds. The van der Waals surface area contributed by atoms with E-state index in [-0.39, 0.29) is 30.0 Å². The monoisotopic (exact) mass is 513 g/mol. The van der Waals surface area contributed by atoms with Gasteiger partial charge >= 0.3 is 0 Å². The summed E-state index contributed by atoms with van der Waals surface area (Å²) >= 11 is 1.76. The molecule has 0 spiro atoms. The number of benzene rings is 1. The Kier molecular flexibility index (Phi) is 9.50. The van der Waals surface area contributed by atoms with Crippen LogP contribution in [-0.2, 0) is 6.42 Å². The van der Waals surface area contributed by atoms with Crippen molar-refractivity contribution < 1.29 is 0 Å². The van der Waals surface area contributed by atoms with Gasteiger partial charge < -0.3 is 15.5 Å². The molecule has 1 aromatic carbocycles. The van der Waals surface area contributed by atoms with Gasteiger partial charge in [-0.15, -0.1) is 35.3 Å². The highest BCUT2D eigenvalue weighted by Gasteiger charge is 2.15. The van der Waals surface area contributed by atoms with Gasteiger partial charge in [0.15, 0.2) is 11.1 Å². The molecule has 3 rings (SSSR count). The van der Waals surface area contributed by atoms with Crippen molar-refractivity contribution in [3.05, 3.63) is 46.5 Å². The quantitative estimate of drug-likeness (QED) is 0.325. The Hall–Kier alpha value is -1.35. The van der Waals surface area contributed by atoms with Crippen molar-refractivity contribution in [2.75, 3.05) is 31.1 Å². The number of rotatable bonds is 7. The van der Waals surface area contributed by atoms with Crippen LogP contribution < -0.4 is 15.5 Å². The summed E-state index contributed by atoms with van der Waals surface area (Å²) in [5, 5.41) is 10.2. The van der Waals surface area contributed by atoms with Gasteiger partial charge in [-0.1, -0.05) is 24.3 Å². The number of halogens is 1.